The third-order valence-corrected chi connectivity index (χ3v) is 11.7. The maximum Gasteiger partial charge on any atom is 0.212 e. The monoisotopic (exact) mass is 896 g/mol. The number of oxazole rings is 1. The van der Waals surface area contributed by atoms with Crippen LogP contribution in [0.5, 0.6) is 0 Å². The van der Waals surface area contributed by atoms with E-state index < -0.39 is 6.10 Å². The first-order valence-electron chi connectivity index (χ1n) is 23.5. The van der Waals surface area contributed by atoms with Gasteiger partial charge in [-0.15, -0.1) is 12.3 Å². The van der Waals surface area contributed by atoms with Gasteiger partial charge < -0.3 is 33.2 Å². The third kappa shape index (κ3) is 22.9. The first-order chi connectivity index (χ1) is 31.3. The molecule has 0 aliphatic carbocycles. The molecule has 1 aromatic heterocycles. The van der Waals surface area contributed by atoms with Gasteiger partial charge in [0.15, 0.2) is 11.7 Å². The molecule has 0 saturated carbocycles. The lowest BCUT2D eigenvalue weighted by molar-refractivity contribution is -0.112. The number of ether oxygens (including phenoxy) is 5. The molecule has 8 atom stereocenters. The lowest BCUT2D eigenvalue weighted by atomic mass is 9.95. The fourth-order valence-corrected chi connectivity index (χ4v) is 8.31. The van der Waals surface area contributed by atoms with Crippen LogP contribution in [-0.2, 0) is 34.9 Å². The summed E-state index contributed by atoms with van der Waals surface area (Å²) in [6.45, 7) is 14.3. The Kier molecular flexibility index (Phi) is 26.4. The van der Waals surface area contributed by atoms with Crippen LogP contribution < -0.4 is 0 Å². The molecule has 0 aromatic carbocycles. The van der Waals surface area contributed by atoms with Crippen molar-refractivity contribution in [1.29, 1.82) is 5.26 Å². The molecule has 11 heteroatoms. The number of methoxy groups -OCH3 is 3. The highest BCUT2D eigenvalue weighted by molar-refractivity contribution is 5.88. The van der Waals surface area contributed by atoms with Gasteiger partial charge in [0.2, 0.25) is 5.90 Å². The zero-order chi connectivity index (χ0) is 47.4. The predicted molar refractivity (Wildman–Crippen MR) is 260 cm³/mol. The molecule has 11 nitrogen and oxygen atoms in total. The van der Waals surface area contributed by atoms with Crippen molar-refractivity contribution in [2.45, 2.75) is 179 Å². The second-order valence-corrected chi connectivity index (χ2v) is 17.7. The first kappa shape index (κ1) is 54.7. The lowest BCUT2D eigenvalue weighted by Crippen LogP contribution is -2.37. The van der Waals surface area contributed by atoms with Crippen LogP contribution in [0.3, 0.4) is 0 Å². The summed E-state index contributed by atoms with van der Waals surface area (Å²) in [5, 5.41) is 20.4. The van der Waals surface area contributed by atoms with E-state index in [9.17, 15) is 15.2 Å². The number of aliphatic hydroxyl groups excluding tert-OH is 1. The number of terminal acetylenes is 1. The maximum atomic E-state index is 11.1. The highest BCUT2D eigenvalue weighted by Crippen LogP contribution is 2.29. The second-order valence-electron chi connectivity index (χ2n) is 17.7. The number of hydrogen-bond donors (Lipinski definition) is 1. The summed E-state index contributed by atoms with van der Waals surface area (Å²) >= 11 is 0. The van der Waals surface area contributed by atoms with Crippen molar-refractivity contribution in [2.75, 3.05) is 21.3 Å². The van der Waals surface area contributed by atoms with Crippen LogP contribution in [0.15, 0.2) is 93.8 Å². The molecule has 8 unspecified atom stereocenters. The summed E-state index contributed by atoms with van der Waals surface area (Å²) in [4.78, 5) is 20.5. The second kappa shape index (κ2) is 31.3. The molecule has 2 fully saturated rings. The number of aliphatic imine (C=N–C) groups is 1. The normalized spacial score (nSPS) is 22.5. The summed E-state index contributed by atoms with van der Waals surface area (Å²) in [5.41, 5.74) is 4.26. The fraction of sp³-hybridized carbons (Fsp3) is 0.593. The van der Waals surface area contributed by atoms with E-state index >= 15 is 0 Å². The Balaban J connectivity index is 1.38. The van der Waals surface area contributed by atoms with Crippen LogP contribution in [0.25, 0.3) is 6.08 Å². The van der Waals surface area contributed by atoms with Gasteiger partial charge in [-0.25, -0.2) is 9.98 Å². The number of carbonyl (C=O) groups is 1. The first-order valence-corrected chi connectivity index (χ1v) is 23.5. The smallest absolute Gasteiger partial charge is 0.212 e. The van der Waals surface area contributed by atoms with E-state index in [2.05, 4.69) is 56.1 Å². The van der Waals surface area contributed by atoms with Crippen LogP contribution in [0, 0.1) is 29.6 Å². The molecule has 3 heterocycles. The number of ketones is 1. The molecule has 3 rings (SSSR count). The Bertz CT molecular complexity index is 1890. The Labute approximate surface area is 390 Å². The minimum atomic E-state index is -0.509. The molecule has 0 radical (unpaired) electrons. The molecule has 65 heavy (non-hydrogen) atoms. The minimum Gasteiger partial charge on any atom is -0.481 e. The van der Waals surface area contributed by atoms with E-state index in [0.29, 0.717) is 61.1 Å². The predicted octanol–water partition coefficient (Wildman–Crippen LogP) is 11.3. The molecule has 0 bridgehead atoms. The number of carbonyl (C=O) groups excluding carboxylic acids is 1. The van der Waals surface area contributed by atoms with Gasteiger partial charge in [0, 0.05) is 39.1 Å². The van der Waals surface area contributed by atoms with Gasteiger partial charge >= 0.3 is 0 Å². The minimum absolute atomic E-state index is 0.0469. The summed E-state index contributed by atoms with van der Waals surface area (Å²) in [7, 11) is 4.94. The quantitative estimate of drug-likeness (QED) is 0.0120. The summed E-state index contributed by atoms with van der Waals surface area (Å²) in [5.74, 6) is 4.32. The fourth-order valence-electron chi connectivity index (χ4n) is 8.31. The average molecular weight is 896 g/mol. The standard InChI is InChI=1S/C54H77N3O8/c1-10-19-47(60-7)28-26-44(37-55)27-29-49-34-50(61-8)35-51(64-49)36-54-57-45(38-63-54)31-41(4)30-39(2)20-14-11-12-17-25-53(62-9)56-43(6)52-24-18-23-48(65-52)33-46(59)32-40(3)21-15-13-16-22-42(5)58/h1,16-17,22,25-28,31,38-39,46-52,59H,3,6,11-15,18-21,23-24,29-30,32-36H2,2,4-5,7-9H3/b22-16-,25-17+,28-26+,41-31+,44-27-,56-53?. The van der Waals surface area contributed by atoms with Crippen molar-refractivity contribution in [3.05, 3.63) is 96.0 Å². The van der Waals surface area contributed by atoms with Crippen LogP contribution in [0.1, 0.15) is 142 Å². The Morgan fingerprint density at radius 3 is 2.54 bits per heavy atom. The van der Waals surface area contributed by atoms with Gasteiger partial charge in [-0.05, 0) is 121 Å². The Hall–Kier alpha value is -4.62. The molecule has 1 aromatic rings. The lowest BCUT2D eigenvalue weighted by Gasteiger charge is -2.34. The Morgan fingerprint density at radius 1 is 1.05 bits per heavy atom. The van der Waals surface area contributed by atoms with Crippen molar-refractivity contribution in [1.82, 2.24) is 4.98 Å². The number of unbranched alkanes of at least 4 members (excludes halogenated alkanes) is 3. The molecule has 1 N–H and O–H groups in total. The van der Waals surface area contributed by atoms with Gasteiger partial charge in [0.05, 0.1) is 68.0 Å². The van der Waals surface area contributed by atoms with Crippen molar-refractivity contribution in [3.8, 4) is 18.4 Å². The average Bonchev–Trinajstić information content (AvgIpc) is 3.71. The van der Waals surface area contributed by atoms with Gasteiger partial charge in [0.1, 0.15) is 12.0 Å². The summed E-state index contributed by atoms with van der Waals surface area (Å²) in [6, 6.07) is 2.24. The SMILES string of the molecule is C#CCC(/C=C/C(C#N)=C/CC1CC(OC)CC(Cc2nc(/C=C(\C)CC(C)CCCC/C=C/C(=NC(=C)C3CCCC(CC(O)CC(=C)CCC/C=C\C(C)=O)O3)OC)co2)O1)OC. The van der Waals surface area contributed by atoms with Crippen LogP contribution in [-0.4, -0.2) is 85.8 Å². The third-order valence-electron chi connectivity index (χ3n) is 11.7. The number of allylic oxidation sites excluding steroid dienone is 6. The van der Waals surface area contributed by atoms with E-state index in [-0.39, 0.29) is 42.4 Å². The number of nitrogens with zero attached hydrogens (tertiary/aromatic N) is 3. The van der Waals surface area contributed by atoms with E-state index in [1.165, 1.54) is 5.57 Å². The van der Waals surface area contributed by atoms with Gasteiger partial charge in [-0.1, -0.05) is 68.4 Å². The van der Waals surface area contributed by atoms with Gasteiger partial charge in [-0.3, -0.25) is 4.79 Å². The molecule has 2 aliphatic heterocycles. The van der Waals surface area contributed by atoms with Crippen molar-refractivity contribution >= 4 is 17.8 Å². The van der Waals surface area contributed by atoms with E-state index in [4.69, 9.17) is 39.5 Å². The highest BCUT2D eigenvalue weighted by Gasteiger charge is 2.31. The van der Waals surface area contributed by atoms with Crippen LogP contribution >= 0.6 is 0 Å². The number of aromatic nitrogens is 1. The zero-order valence-corrected chi connectivity index (χ0v) is 40.2. The number of aliphatic hydroxyl groups is 1. The number of rotatable bonds is 29. The maximum absolute atomic E-state index is 11.1. The zero-order valence-electron chi connectivity index (χ0n) is 40.2. The number of hydrogen-bond acceptors (Lipinski definition) is 11. The van der Waals surface area contributed by atoms with Crippen LogP contribution in [0.4, 0.5) is 0 Å². The molecule has 2 saturated heterocycles. The van der Waals surface area contributed by atoms with Gasteiger partial charge in [-0.2, -0.15) is 5.26 Å². The molecule has 0 spiro atoms. The molecular formula is C54H77N3O8. The Morgan fingerprint density at radius 2 is 1.82 bits per heavy atom. The van der Waals surface area contributed by atoms with Crippen molar-refractivity contribution in [2.24, 2.45) is 10.9 Å². The highest BCUT2D eigenvalue weighted by atomic mass is 16.5. The molecule has 2 aliphatic rings. The topological polar surface area (TPSA) is 146 Å². The van der Waals surface area contributed by atoms with Crippen molar-refractivity contribution in [3.63, 3.8) is 0 Å². The van der Waals surface area contributed by atoms with Crippen LogP contribution in [0.2, 0.25) is 0 Å². The van der Waals surface area contributed by atoms with E-state index in [1.807, 2.05) is 24.3 Å². The molecule has 356 valence electrons. The summed E-state index contributed by atoms with van der Waals surface area (Å²) in [6.07, 6.45) is 35.7. The molecule has 0 amide bonds. The number of nitriles is 1. The van der Waals surface area contributed by atoms with E-state index in [1.54, 1.807) is 46.7 Å². The summed E-state index contributed by atoms with van der Waals surface area (Å²) < 4.78 is 35.3. The molecular weight excluding hydrogens is 819 g/mol. The van der Waals surface area contributed by atoms with Gasteiger partial charge in [0.25, 0.3) is 0 Å². The largest absolute Gasteiger partial charge is 0.481 e. The van der Waals surface area contributed by atoms with Crippen molar-refractivity contribution < 1.29 is 38.0 Å². The van der Waals surface area contributed by atoms with E-state index in [0.717, 1.165) is 94.7 Å².